The summed E-state index contributed by atoms with van der Waals surface area (Å²) in [6.07, 6.45) is 2.10. The van der Waals surface area contributed by atoms with E-state index in [4.69, 9.17) is 14.5 Å². The number of esters is 1. The molecule has 2 aromatic heterocycles. The second-order valence-electron chi connectivity index (χ2n) is 6.96. The molecule has 0 aliphatic rings. The first kappa shape index (κ1) is 23.7. The van der Waals surface area contributed by atoms with Crippen molar-refractivity contribution in [3.05, 3.63) is 53.1 Å². The summed E-state index contributed by atoms with van der Waals surface area (Å²) in [4.78, 5) is 34.4. The second kappa shape index (κ2) is 10.6. The van der Waals surface area contributed by atoms with Gasteiger partial charge in [-0.25, -0.2) is 14.8 Å². The second-order valence-corrected chi connectivity index (χ2v) is 9.18. The molecular weight excluding hydrogens is 446 g/mol. The molecule has 1 amide bonds. The van der Waals surface area contributed by atoms with Crippen molar-refractivity contribution in [3.8, 4) is 5.75 Å². The summed E-state index contributed by atoms with van der Waals surface area (Å²) in [6, 6.07) is 7.78. The van der Waals surface area contributed by atoms with Crippen LogP contribution in [0.15, 0.2) is 41.9 Å². The average Bonchev–Trinajstić information content (AvgIpc) is 3.15. The summed E-state index contributed by atoms with van der Waals surface area (Å²) in [5.41, 5.74) is 2.34. The van der Waals surface area contributed by atoms with Gasteiger partial charge in [-0.3, -0.25) is 4.79 Å². The lowest BCUT2D eigenvalue weighted by molar-refractivity contribution is -0.115. The highest BCUT2D eigenvalue weighted by atomic mass is 32.2. The molecule has 0 aliphatic carbocycles. The van der Waals surface area contributed by atoms with Crippen LogP contribution < -0.4 is 10.1 Å². The number of benzene rings is 1. The van der Waals surface area contributed by atoms with Crippen molar-refractivity contribution in [1.82, 2.24) is 9.97 Å². The maximum Gasteiger partial charge on any atom is 0.350 e. The molecule has 3 aromatic rings. The molecule has 9 heteroatoms. The number of para-hydroxylation sites is 1. The molecule has 3 rings (SSSR count). The first-order valence-electron chi connectivity index (χ1n) is 10.0. The number of rotatable bonds is 9. The first-order valence-corrected chi connectivity index (χ1v) is 11.7. The minimum Gasteiger partial charge on any atom is -0.494 e. The van der Waals surface area contributed by atoms with Gasteiger partial charge in [0.15, 0.2) is 5.13 Å². The molecule has 1 atom stereocenters. The topological polar surface area (TPSA) is 90.4 Å². The molecule has 0 radical (unpaired) electrons. The van der Waals surface area contributed by atoms with Gasteiger partial charge in [-0.1, -0.05) is 54.8 Å². The van der Waals surface area contributed by atoms with Gasteiger partial charge in [-0.15, -0.1) is 0 Å². The van der Waals surface area contributed by atoms with Crippen molar-refractivity contribution in [2.45, 2.75) is 37.5 Å². The maximum atomic E-state index is 12.9. The van der Waals surface area contributed by atoms with Crippen molar-refractivity contribution in [2.75, 3.05) is 19.0 Å². The molecule has 0 bridgehead atoms. The molecule has 0 aliphatic heterocycles. The number of hydrogen-bond acceptors (Lipinski definition) is 8. The van der Waals surface area contributed by atoms with E-state index in [-0.39, 0.29) is 17.8 Å². The molecule has 7 nitrogen and oxygen atoms in total. The van der Waals surface area contributed by atoms with Crippen LogP contribution in [0, 0.1) is 13.8 Å². The van der Waals surface area contributed by atoms with Gasteiger partial charge in [-0.05, 0) is 38.0 Å². The number of thioether (sulfide) groups is 1. The minimum absolute atomic E-state index is 0.120. The van der Waals surface area contributed by atoms with E-state index in [1.807, 2.05) is 38.1 Å². The predicted octanol–water partition coefficient (Wildman–Crippen LogP) is 5.17. The van der Waals surface area contributed by atoms with Crippen LogP contribution in [0.2, 0.25) is 0 Å². The van der Waals surface area contributed by atoms with Crippen LogP contribution in [-0.2, 0) is 9.53 Å². The van der Waals surface area contributed by atoms with E-state index in [9.17, 15) is 9.59 Å². The van der Waals surface area contributed by atoms with E-state index < -0.39 is 5.97 Å². The summed E-state index contributed by atoms with van der Waals surface area (Å²) < 4.78 is 10.5. The largest absolute Gasteiger partial charge is 0.494 e. The van der Waals surface area contributed by atoms with Gasteiger partial charge >= 0.3 is 5.97 Å². The highest BCUT2D eigenvalue weighted by molar-refractivity contribution is 8.00. The van der Waals surface area contributed by atoms with Crippen molar-refractivity contribution in [1.29, 1.82) is 0 Å². The van der Waals surface area contributed by atoms with E-state index in [1.54, 1.807) is 14.0 Å². The van der Waals surface area contributed by atoms with Crippen molar-refractivity contribution in [3.63, 3.8) is 0 Å². The van der Waals surface area contributed by atoms with Gasteiger partial charge in [0, 0.05) is 5.39 Å². The predicted molar refractivity (Wildman–Crippen MR) is 129 cm³/mol. The average molecular weight is 472 g/mol. The number of pyridine rings is 1. The van der Waals surface area contributed by atoms with Crippen LogP contribution >= 0.6 is 23.1 Å². The van der Waals surface area contributed by atoms with Crippen LogP contribution in [0.25, 0.3) is 10.9 Å². The fourth-order valence-electron chi connectivity index (χ4n) is 3.08. The smallest absolute Gasteiger partial charge is 0.350 e. The summed E-state index contributed by atoms with van der Waals surface area (Å²) in [5.74, 6) is 0.0168. The lowest BCUT2D eigenvalue weighted by Crippen LogP contribution is -2.24. The zero-order chi connectivity index (χ0) is 23.3. The molecule has 1 unspecified atom stereocenters. The number of nitrogens with zero attached hydrogens (tertiary/aromatic N) is 2. The monoisotopic (exact) mass is 471 g/mol. The number of ether oxygens (including phenoxy) is 2. The number of nitrogens with one attached hydrogen (secondary N) is 1. The zero-order valence-electron chi connectivity index (χ0n) is 18.4. The number of carbonyl (C=O) groups is 2. The molecule has 2 heterocycles. The number of aromatic nitrogens is 2. The standard InChI is InChI=1S/C23H25N3O4S2/c1-6-11-30-22(28)20-14(4)24-23(32-20)26-21(27)17(7-2)31-18-12-13(3)15-9-8-10-16(29-5)19(15)25-18/h6,8-10,12,17H,1,7,11H2,2-5H3,(H,24,26,27). The van der Waals surface area contributed by atoms with Gasteiger partial charge in [0.1, 0.15) is 22.8 Å². The number of anilines is 1. The molecule has 32 heavy (non-hydrogen) atoms. The van der Waals surface area contributed by atoms with Crippen LogP contribution in [0.1, 0.15) is 34.3 Å². The van der Waals surface area contributed by atoms with E-state index in [1.165, 1.54) is 17.8 Å². The Balaban J connectivity index is 1.77. The Morgan fingerprint density at radius 2 is 2.09 bits per heavy atom. The van der Waals surface area contributed by atoms with Crippen molar-refractivity contribution >= 4 is 51.0 Å². The normalized spacial score (nSPS) is 11.8. The number of amides is 1. The lowest BCUT2D eigenvalue weighted by atomic mass is 10.1. The van der Waals surface area contributed by atoms with Crippen molar-refractivity contribution < 1.29 is 19.1 Å². The SMILES string of the molecule is C=CCOC(=O)c1sc(NC(=O)C(CC)Sc2cc(C)c3cccc(OC)c3n2)nc1C. The molecule has 0 saturated carbocycles. The molecule has 168 valence electrons. The Hall–Kier alpha value is -2.91. The third-order valence-electron chi connectivity index (χ3n) is 4.68. The summed E-state index contributed by atoms with van der Waals surface area (Å²) >= 11 is 2.48. The Morgan fingerprint density at radius 3 is 2.78 bits per heavy atom. The molecule has 0 spiro atoms. The van der Waals surface area contributed by atoms with Gasteiger partial charge in [0.05, 0.1) is 23.1 Å². The van der Waals surface area contributed by atoms with Gasteiger partial charge in [-0.2, -0.15) is 0 Å². The Kier molecular flexibility index (Phi) is 7.87. The van der Waals surface area contributed by atoms with Crippen LogP contribution in [-0.4, -0.2) is 40.8 Å². The third kappa shape index (κ3) is 5.28. The molecule has 1 aromatic carbocycles. The van der Waals surface area contributed by atoms with E-state index >= 15 is 0 Å². The fraction of sp³-hybridized carbons (Fsp3) is 0.304. The summed E-state index contributed by atoms with van der Waals surface area (Å²) in [7, 11) is 1.62. The quantitative estimate of drug-likeness (QED) is 0.262. The van der Waals surface area contributed by atoms with Gasteiger partial charge in [0.2, 0.25) is 5.91 Å². The number of methoxy groups -OCH3 is 1. The Labute approximate surface area is 195 Å². The zero-order valence-corrected chi connectivity index (χ0v) is 20.1. The van der Waals surface area contributed by atoms with Gasteiger partial charge in [0.25, 0.3) is 0 Å². The molecular formula is C23H25N3O4S2. The van der Waals surface area contributed by atoms with Crippen LogP contribution in [0.3, 0.4) is 0 Å². The molecule has 1 N–H and O–H groups in total. The first-order chi connectivity index (χ1) is 15.4. The fourth-order valence-corrected chi connectivity index (χ4v) is 4.96. The molecule has 0 saturated heterocycles. The van der Waals surface area contributed by atoms with E-state index in [2.05, 4.69) is 16.9 Å². The third-order valence-corrected chi connectivity index (χ3v) is 7.01. The number of carbonyl (C=O) groups excluding carboxylic acids is 2. The van der Waals surface area contributed by atoms with Crippen LogP contribution in [0.5, 0.6) is 5.75 Å². The number of fused-ring (bicyclic) bond motifs is 1. The number of hydrogen-bond donors (Lipinski definition) is 1. The Bertz CT molecular complexity index is 1160. The van der Waals surface area contributed by atoms with E-state index in [0.29, 0.717) is 27.9 Å². The number of aryl methyl sites for hydroxylation is 2. The van der Waals surface area contributed by atoms with Gasteiger partial charge < -0.3 is 14.8 Å². The van der Waals surface area contributed by atoms with Crippen molar-refractivity contribution in [2.24, 2.45) is 0 Å². The summed E-state index contributed by atoms with van der Waals surface area (Å²) in [6.45, 7) is 9.31. The lowest BCUT2D eigenvalue weighted by Gasteiger charge is -2.15. The highest BCUT2D eigenvalue weighted by Crippen LogP contribution is 2.32. The highest BCUT2D eigenvalue weighted by Gasteiger charge is 2.23. The Morgan fingerprint density at radius 1 is 1.31 bits per heavy atom. The maximum absolute atomic E-state index is 12.9. The van der Waals surface area contributed by atoms with E-state index in [0.717, 1.165) is 32.8 Å². The van der Waals surface area contributed by atoms with Crippen LogP contribution in [0.4, 0.5) is 5.13 Å². The number of thiazole rings is 1. The minimum atomic E-state index is -0.480. The molecule has 0 fully saturated rings. The summed E-state index contributed by atoms with van der Waals surface area (Å²) in [5, 5.41) is 4.56.